The summed E-state index contributed by atoms with van der Waals surface area (Å²) in [6.07, 6.45) is 8.47. The van der Waals surface area contributed by atoms with Gasteiger partial charge in [0.25, 0.3) is 0 Å². The first-order valence-electron chi connectivity index (χ1n) is 16.4. The van der Waals surface area contributed by atoms with E-state index in [0.717, 1.165) is 44.8 Å². The maximum atomic E-state index is 5.49. The van der Waals surface area contributed by atoms with E-state index in [-0.39, 0.29) is 0 Å². The molecule has 0 fully saturated rings. The fourth-order valence-electron chi connectivity index (χ4n) is 7.23. The number of aromatic amines is 2. The maximum absolute atomic E-state index is 5.49. The summed E-state index contributed by atoms with van der Waals surface area (Å²) in [5, 5.41) is 0. The number of nitrogens with zero attached hydrogens (tertiary/aromatic N) is 2. The van der Waals surface area contributed by atoms with Gasteiger partial charge in [-0.1, -0.05) is 0 Å². The van der Waals surface area contributed by atoms with Gasteiger partial charge >= 0.3 is 287 Å². The fourth-order valence-corrected chi connectivity index (χ4v) is 16.6. The fraction of sp³-hybridized carbons (Fsp3) is 0. The Hall–Kier alpha value is -6.00. The summed E-state index contributed by atoms with van der Waals surface area (Å²) in [6, 6.07) is 59.4. The second-order valence-corrected chi connectivity index (χ2v) is 18.4. The number of benzene rings is 4. The minimum atomic E-state index is -4.32. The molecule has 5 heterocycles. The van der Waals surface area contributed by atoms with Crippen molar-refractivity contribution < 1.29 is 11.8 Å². The number of nitrogens with one attached hydrogen (secondary N) is 2. The van der Waals surface area contributed by atoms with Gasteiger partial charge in [0.2, 0.25) is 0 Å². The van der Waals surface area contributed by atoms with Crippen LogP contribution in [0.2, 0.25) is 0 Å². The van der Waals surface area contributed by atoms with Gasteiger partial charge in [-0.25, -0.2) is 0 Å². The Morgan fingerprint density at radius 3 is 1.22 bits per heavy atom. The Morgan fingerprint density at radius 1 is 0.367 bits per heavy atom. The Kier molecular flexibility index (Phi) is 6.91. The molecule has 0 aliphatic carbocycles. The van der Waals surface area contributed by atoms with Crippen molar-refractivity contribution in [1.82, 2.24) is 19.9 Å². The molecular weight excluding hydrogens is 639 g/mol. The average Bonchev–Trinajstić information content (AvgIpc) is 3.99. The first-order chi connectivity index (χ1) is 24.2. The molecule has 2 aliphatic rings. The van der Waals surface area contributed by atoms with Crippen LogP contribution < -0.4 is 22.3 Å². The molecule has 3 aromatic heterocycles. The van der Waals surface area contributed by atoms with Crippen LogP contribution in [0.3, 0.4) is 0 Å². The molecule has 0 saturated carbocycles. The van der Waals surface area contributed by atoms with E-state index in [0.29, 0.717) is 0 Å². The summed E-state index contributed by atoms with van der Waals surface area (Å²) in [7, 11) is 0. The van der Waals surface area contributed by atoms with Gasteiger partial charge in [0.05, 0.1) is 0 Å². The summed E-state index contributed by atoms with van der Waals surface area (Å²) >= 11 is -4.32. The molecule has 2 N–H and O–H groups in total. The number of fused-ring (bicyclic) bond motifs is 8. The second-order valence-electron chi connectivity index (χ2n) is 12.1. The summed E-state index contributed by atoms with van der Waals surface area (Å²) in [5.41, 5.74) is 7.63. The molecule has 5 heteroatoms. The van der Waals surface area contributed by atoms with Crippen LogP contribution in [0, 0.1) is 0 Å². The average molecular weight is 673 g/mol. The normalized spacial score (nSPS) is 13.2. The van der Waals surface area contributed by atoms with E-state index in [1.807, 2.05) is 0 Å². The monoisotopic (exact) mass is 672 g/mol. The number of rotatable bonds is 5. The predicted octanol–water partition coefficient (Wildman–Crippen LogP) is 7.27. The summed E-state index contributed by atoms with van der Waals surface area (Å²) in [4.78, 5) is 17.8. The molecule has 7 aromatic rings. The number of aromatic nitrogens is 4. The van der Waals surface area contributed by atoms with Crippen molar-refractivity contribution in [2.45, 2.75) is 0 Å². The van der Waals surface area contributed by atoms with Gasteiger partial charge in [0.15, 0.2) is 0 Å². The Bertz CT molecular complexity index is 2380. The van der Waals surface area contributed by atoms with Gasteiger partial charge in [-0.15, -0.1) is 0 Å². The molecule has 4 aromatic carbocycles. The van der Waals surface area contributed by atoms with Crippen LogP contribution >= 0.6 is 0 Å². The van der Waals surface area contributed by atoms with Gasteiger partial charge in [0.1, 0.15) is 0 Å². The van der Waals surface area contributed by atoms with Crippen molar-refractivity contribution in [3.8, 4) is 0 Å². The van der Waals surface area contributed by atoms with Crippen molar-refractivity contribution in [1.29, 1.82) is 0 Å². The van der Waals surface area contributed by atoms with Crippen molar-refractivity contribution in [2.24, 2.45) is 0 Å². The Morgan fingerprint density at radius 2 is 0.755 bits per heavy atom. The van der Waals surface area contributed by atoms with E-state index < -0.39 is 11.8 Å². The molecule has 9 rings (SSSR count). The van der Waals surface area contributed by atoms with E-state index >= 15 is 0 Å². The van der Waals surface area contributed by atoms with Crippen LogP contribution in [-0.2, 0) is 11.8 Å². The molecule has 4 nitrogen and oxygen atoms in total. The third-order valence-corrected chi connectivity index (χ3v) is 18.0. The minimum absolute atomic E-state index is 0.892. The van der Waals surface area contributed by atoms with Crippen molar-refractivity contribution in [3.05, 3.63) is 187 Å². The van der Waals surface area contributed by atoms with Gasteiger partial charge in [-0.2, -0.15) is 0 Å². The van der Waals surface area contributed by atoms with E-state index in [1.165, 1.54) is 22.3 Å². The van der Waals surface area contributed by atoms with E-state index in [2.05, 4.69) is 198 Å². The molecule has 236 valence electrons. The second kappa shape index (κ2) is 11.6. The molecule has 2 aliphatic heterocycles. The molecule has 0 saturated heterocycles. The van der Waals surface area contributed by atoms with Gasteiger partial charge < -0.3 is 0 Å². The number of H-pyrrole nitrogens is 2. The first kappa shape index (κ1) is 29.2. The molecule has 0 amide bonds. The van der Waals surface area contributed by atoms with E-state index in [1.54, 1.807) is 0 Å². The third kappa shape index (κ3) is 4.51. The summed E-state index contributed by atoms with van der Waals surface area (Å²) in [6.45, 7) is 0. The zero-order chi connectivity index (χ0) is 32.7. The van der Waals surface area contributed by atoms with Gasteiger partial charge in [-0.3, -0.25) is 0 Å². The SMILES string of the molecule is C1=Cc2cc3ccc([nH]3)[c]([Mn]([c]3ccccc3)([c]3ccccc3)([c]3ccccc3)[c]3ccccc3)c3nc(cc4ccc(cc1n2)[nH]4)C=C3. The third-order valence-electron chi connectivity index (χ3n) is 9.21. The summed E-state index contributed by atoms with van der Waals surface area (Å²) < 4.78 is 6.23. The number of hydrogen-bond donors (Lipinski definition) is 2. The van der Waals surface area contributed by atoms with Crippen molar-refractivity contribution in [2.75, 3.05) is 0 Å². The Labute approximate surface area is 285 Å². The Balaban J connectivity index is 1.59. The zero-order valence-corrected chi connectivity index (χ0v) is 27.9. The van der Waals surface area contributed by atoms with Crippen molar-refractivity contribution in [3.63, 3.8) is 0 Å². The van der Waals surface area contributed by atoms with Gasteiger partial charge in [0, 0.05) is 0 Å². The number of hydrogen-bond acceptors (Lipinski definition) is 2. The van der Waals surface area contributed by atoms with Crippen molar-refractivity contribution >= 4 is 68.7 Å². The van der Waals surface area contributed by atoms with Gasteiger partial charge in [-0.05, 0) is 0 Å². The van der Waals surface area contributed by atoms with Crippen LogP contribution in [0.25, 0.3) is 46.4 Å². The van der Waals surface area contributed by atoms with Crippen LogP contribution in [-0.4, -0.2) is 19.9 Å². The van der Waals surface area contributed by atoms with E-state index in [4.69, 9.17) is 9.97 Å². The zero-order valence-electron chi connectivity index (χ0n) is 26.7. The quantitative estimate of drug-likeness (QED) is 0.189. The molecule has 0 spiro atoms. The molecule has 0 atom stereocenters. The van der Waals surface area contributed by atoms with E-state index in [9.17, 15) is 0 Å². The first-order valence-corrected chi connectivity index (χ1v) is 19.3. The molecule has 0 radical (unpaired) electrons. The van der Waals surface area contributed by atoms with Crippen LogP contribution in [0.1, 0.15) is 22.8 Å². The molecule has 0 unspecified atom stereocenters. The molecular formula is C44H33MnN4. The molecule has 8 bridgehead atoms. The summed E-state index contributed by atoms with van der Waals surface area (Å²) in [5.74, 6) is 0. The standard InChI is InChI=1S/C20H13N4.4C6H5.Mn/c1-2-14-10-16-5-6-18(23-16)12-20-8-7-19(24-20)11-17-4-3-15(22-17)9-13(1)21-14;4*1-2-4-6-5-3-1;/h1-11,21,24H;4*1-5H;. The topological polar surface area (TPSA) is 57.4 Å². The van der Waals surface area contributed by atoms with Crippen LogP contribution in [0.5, 0.6) is 0 Å². The van der Waals surface area contributed by atoms with Crippen LogP contribution in [0.15, 0.2) is 164 Å². The molecule has 49 heavy (non-hydrogen) atoms. The van der Waals surface area contributed by atoms with Crippen LogP contribution in [0.4, 0.5) is 0 Å². The predicted molar refractivity (Wildman–Crippen MR) is 203 cm³/mol.